The van der Waals surface area contributed by atoms with E-state index in [-0.39, 0.29) is 6.04 Å². The van der Waals surface area contributed by atoms with Crippen LogP contribution in [0.1, 0.15) is 63.3 Å². The van der Waals surface area contributed by atoms with Crippen LogP contribution in [0.25, 0.3) is 20.8 Å². The van der Waals surface area contributed by atoms with Crippen LogP contribution >= 0.6 is 23.6 Å². The van der Waals surface area contributed by atoms with Crippen molar-refractivity contribution in [3.05, 3.63) is 23.7 Å². The molecule has 0 radical (unpaired) electrons. The fourth-order valence-electron chi connectivity index (χ4n) is 5.43. The molecule has 3 fully saturated rings. The van der Waals surface area contributed by atoms with E-state index >= 15 is 0 Å². The number of aromatic nitrogens is 4. The van der Waals surface area contributed by atoms with Crippen LogP contribution in [0.5, 0.6) is 0 Å². The second-order valence-electron chi connectivity index (χ2n) is 11.0. The number of anilines is 2. The topological polar surface area (TPSA) is 140 Å². The Morgan fingerprint density at radius 1 is 1.13 bits per heavy atom. The number of thiazole rings is 1. The highest BCUT2D eigenvalue weighted by atomic mass is 32.1. The predicted octanol–water partition coefficient (Wildman–Crippen LogP) is 3.30. The zero-order valence-corrected chi connectivity index (χ0v) is 24.1. The zero-order chi connectivity index (χ0) is 27.3. The number of aliphatic hydroxyl groups excluding tert-OH is 2. The van der Waals surface area contributed by atoms with Gasteiger partial charge in [0.05, 0.1) is 33.7 Å². The molecule has 0 amide bonds. The van der Waals surface area contributed by atoms with Crippen molar-refractivity contribution in [3.8, 4) is 10.6 Å². The molecule has 6 rings (SSSR count). The Morgan fingerprint density at radius 3 is 2.62 bits per heavy atom. The van der Waals surface area contributed by atoms with Gasteiger partial charge >= 0.3 is 0 Å². The molecule has 0 spiro atoms. The molecular weight excluding hydrogens is 532 g/mol. The van der Waals surface area contributed by atoms with Crippen LogP contribution < -0.4 is 21.3 Å². The summed E-state index contributed by atoms with van der Waals surface area (Å²) in [6.07, 6.45) is 5.10. The van der Waals surface area contributed by atoms with Gasteiger partial charge in [0.2, 0.25) is 5.95 Å². The fraction of sp³-hybridized carbons (Fsp3) is 0.593. The highest BCUT2D eigenvalue weighted by Gasteiger charge is 2.42. The van der Waals surface area contributed by atoms with Gasteiger partial charge in [-0.25, -0.2) is 9.97 Å². The van der Waals surface area contributed by atoms with Crippen molar-refractivity contribution in [3.63, 3.8) is 0 Å². The van der Waals surface area contributed by atoms with E-state index in [1.807, 2.05) is 26.1 Å². The molecule has 208 valence electrons. The summed E-state index contributed by atoms with van der Waals surface area (Å²) in [7, 11) is 0. The van der Waals surface area contributed by atoms with Crippen molar-refractivity contribution in [2.24, 2.45) is 5.92 Å². The number of nitrogens with zero attached hydrogens (tertiary/aromatic N) is 4. The van der Waals surface area contributed by atoms with Crippen molar-refractivity contribution in [1.82, 2.24) is 30.6 Å². The molecule has 12 heteroatoms. The monoisotopic (exact) mass is 568 g/mol. The Bertz CT molecular complexity index is 1380. The number of hydrogen-bond donors (Lipinski definition) is 6. The molecule has 3 aliphatic carbocycles. The quantitative estimate of drug-likeness (QED) is 0.212. The minimum absolute atomic E-state index is 0.275. The molecule has 0 saturated heterocycles. The second-order valence-corrected chi connectivity index (χ2v) is 12.5. The lowest BCUT2D eigenvalue weighted by molar-refractivity contribution is 0.0293. The number of aryl methyl sites for hydroxylation is 1. The highest BCUT2D eigenvalue weighted by molar-refractivity contribution is 7.80. The van der Waals surface area contributed by atoms with Gasteiger partial charge in [-0.1, -0.05) is 0 Å². The lowest BCUT2D eigenvalue weighted by atomic mass is 10.1. The Labute approximate surface area is 237 Å². The first-order chi connectivity index (χ1) is 18.8. The van der Waals surface area contributed by atoms with Gasteiger partial charge < -0.3 is 31.5 Å². The van der Waals surface area contributed by atoms with Gasteiger partial charge in [-0.2, -0.15) is 4.98 Å². The summed E-state index contributed by atoms with van der Waals surface area (Å²) in [4.78, 5) is 19.4. The summed E-state index contributed by atoms with van der Waals surface area (Å²) in [5, 5.41) is 36.2. The Hall–Kier alpha value is -2.67. The summed E-state index contributed by atoms with van der Waals surface area (Å²) in [6, 6.07) is 1.45. The van der Waals surface area contributed by atoms with Gasteiger partial charge in [0.15, 0.2) is 5.11 Å². The first-order valence-corrected chi connectivity index (χ1v) is 15.1. The van der Waals surface area contributed by atoms with Crippen LogP contribution in [0.3, 0.4) is 0 Å². The molecule has 3 aliphatic rings. The van der Waals surface area contributed by atoms with Gasteiger partial charge in [0, 0.05) is 24.7 Å². The van der Waals surface area contributed by atoms with Crippen LogP contribution in [0.2, 0.25) is 0 Å². The van der Waals surface area contributed by atoms with Crippen LogP contribution in [-0.4, -0.2) is 72.1 Å². The van der Waals surface area contributed by atoms with Crippen molar-refractivity contribution in [2.45, 2.75) is 89.1 Å². The number of hydrogen-bond acceptors (Lipinski definition) is 10. The van der Waals surface area contributed by atoms with Crippen molar-refractivity contribution >= 4 is 50.6 Å². The van der Waals surface area contributed by atoms with Gasteiger partial charge in [-0.05, 0) is 77.1 Å². The molecule has 3 aromatic heterocycles. The van der Waals surface area contributed by atoms with E-state index in [0.29, 0.717) is 41.7 Å². The van der Waals surface area contributed by atoms with Crippen LogP contribution in [0.15, 0.2) is 12.3 Å². The van der Waals surface area contributed by atoms with Crippen molar-refractivity contribution < 1.29 is 10.2 Å². The van der Waals surface area contributed by atoms with Crippen molar-refractivity contribution in [1.29, 1.82) is 0 Å². The molecule has 3 aromatic rings. The van der Waals surface area contributed by atoms with E-state index in [1.54, 1.807) is 11.3 Å². The predicted molar refractivity (Wildman–Crippen MR) is 158 cm³/mol. The number of pyridine rings is 1. The molecule has 0 aromatic carbocycles. The van der Waals surface area contributed by atoms with E-state index in [9.17, 15) is 10.2 Å². The van der Waals surface area contributed by atoms with E-state index in [4.69, 9.17) is 27.2 Å². The van der Waals surface area contributed by atoms with Crippen LogP contribution in [0.4, 0.5) is 11.8 Å². The fourth-order valence-corrected chi connectivity index (χ4v) is 6.79. The lowest BCUT2D eigenvalue weighted by Gasteiger charge is -2.22. The average molecular weight is 569 g/mol. The second kappa shape index (κ2) is 10.7. The van der Waals surface area contributed by atoms with Gasteiger partial charge in [0.1, 0.15) is 28.6 Å². The number of fused-ring (bicyclic) bond motifs is 1. The summed E-state index contributed by atoms with van der Waals surface area (Å²) in [5.74, 6) is 2.28. The zero-order valence-electron chi connectivity index (χ0n) is 22.4. The maximum Gasteiger partial charge on any atom is 0.225 e. The molecule has 3 heterocycles. The van der Waals surface area contributed by atoms with E-state index in [0.717, 1.165) is 45.0 Å². The number of aliphatic hydroxyl groups is 2. The smallest absolute Gasteiger partial charge is 0.225 e. The normalized spacial score (nSPS) is 25.5. The minimum atomic E-state index is -1.00. The number of thiocarbonyl (C=S) groups is 1. The molecule has 0 bridgehead atoms. The van der Waals surface area contributed by atoms with E-state index in [1.165, 1.54) is 12.8 Å². The molecule has 3 saturated carbocycles. The largest absolute Gasteiger partial charge is 0.388 e. The third-order valence-electron chi connectivity index (χ3n) is 7.95. The van der Waals surface area contributed by atoms with E-state index in [2.05, 4.69) is 33.2 Å². The first-order valence-electron chi connectivity index (χ1n) is 13.9. The maximum atomic E-state index is 11.0. The summed E-state index contributed by atoms with van der Waals surface area (Å²) >= 11 is 6.93. The molecule has 6 N–H and O–H groups in total. The summed E-state index contributed by atoms with van der Waals surface area (Å²) in [5.41, 5.74) is 3.63. The molecule has 39 heavy (non-hydrogen) atoms. The molecule has 5 atom stereocenters. The summed E-state index contributed by atoms with van der Waals surface area (Å²) < 4.78 is 1.09. The molecule has 1 unspecified atom stereocenters. The Balaban J connectivity index is 1.34. The number of rotatable bonds is 9. The maximum absolute atomic E-state index is 11.0. The molecule has 10 nitrogen and oxygen atoms in total. The van der Waals surface area contributed by atoms with E-state index < -0.39 is 24.3 Å². The Morgan fingerprint density at radius 2 is 1.90 bits per heavy atom. The average Bonchev–Trinajstić information content (AvgIpc) is 3.82. The lowest BCUT2D eigenvalue weighted by Crippen LogP contribution is -2.47. The highest BCUT2D eigenvalue weighted by Crippen LogP contribution is 2.44. The molecule has 0 aliphatic heterocycles. The first kappa shape index (κ1) is 26.5. The summed E-state index contributed by atoms with van der Waals surface area (Å²) in [6.45, 7) is 6.77. The van der Waals surface area contributed by atoms with Gasteiger partial charge in [-0.3, -0.25) is 4.98 Å². The van der Waals surface area contributed by atoms with Gasteiger partial charge in [-0.15, -0.1) is 11.3 Å². The minimum Gasteiger partial charge on any atom is -0.388 e. The SMILES string of the molecule is CCNC(=S)N[C@H]1CC(Nc2nc(N[C@H](C)C3CC3)nc(C)c2-c2nc3c(C4CC4)nccc3s2)[C@H](O)[C@@H]1O. The number of nitrogens with one attached hydrogen (secondary N) is 4. The molecular formula is C27H36N8O2S2. The standard InChI is InChI=1S/C27H36N8O2S2/c1-4-28-27(38)33-17-11-16(22(36)23(17)37)32-24-19(13(3)31-26(35-24)30-12(2)14-5-6-14)25-34-21-18(39-25)9-10-29-20(21)15-7-8-15/h9-10,12,14-17,22-23,36-37H,4-8,11H2,1-3H3,(H2,28,33,38)(H2,30,31,32,35)/t12-,16?,17+,22+,23-/m1/s1. The third kappa shape index (κ3) is 5.52. The van der Waals surface area contributed by atoms with Crippen LogP contribution in [-0.2, 0) is 0 Å². The van der Waals surface area contributed by atoms with Crippen molar-refractivity contribution in [2.75, 3.05) is 17.2 Å². The third-order valence-corrected chi connectivity index (χ3v) is 9.25. The van der Waals surface area contributed by atoms with Gasteiger partial charge in [0.25, 0.3) is 0 Å². The Kier molecular flexibility index (Phi) is 7.30. The van der Waals surface area contributed by atoms with Crippen LogP contribution in [0, 0.1) is 12.8 Å².